The van der Waals surface area contributed by atoms with Crippen molar-refractivity contribution in [1.29, 1.82) is 0 Å². The predicted octanol–water partition coefficient (Wildman–Crippen LogP) is 3.81. The van der Waals surface area contributed by atoms with E-state index in [4.69, 9.17) is 5.73 Å². The van der Waals surface area contributed by atoms with Crippen LogP contribution in [0.1, 0.15) is 28.1 Å². The molecule has 6 heteroatoms. The van der Waals surface area contributed by atoms with Crippen LogP contribution < -0.4 is 11.1 Å². The van der Waals surface area contributed by atoms with Crippen LogP contribution in [0.25, 0.3) is 0 Å². The molecule has 0 spiro atoms. The third-order valence-electron chi connectivity index (χ3n) is 4.68. The van der Waals surface area contributed by atoms with Gasteiger partial charge in [0.25, 0.3) is 0 Å². The first-order valence-corrected chi connectivity index (χ1v) is 9.28. The molecule has 28 heavy (non-hydrogen) atoms. The second kappa shape index (κ2) is 10.8. The summed E-state index contributed by atoms with van der Waals surface area (Å²) in [5.41, 5.74) is 11.8. The molecule has 148 valence electrons. The molecule has 0 saturated carbocycles. The molecule has 5 nitrogen and oxygen atoms in total. The van der Waals surface area contributed by atoms with E-state index in [9.17, 15) is 0 Å². The van der Waals surface area contributed by atoms with Gasteiger partial charge in [0.05, 0.1) is 18.8 Å². The molecule has 3 rings (SSSR count). The van der Waals surface area contributed by atoms with Gasteiger partial charge in [-0.15, -0.1) is 24.0 Å². The summed E-state index contributed by atoms with van der Waals surface area (Å²) in [5, 5.41) is 7.86. The van der Waals surface area contributed by atoms with Crippen LogP contribution in [-0.2, 0) is 19.5 Å². The predicted molar refractivity (Wildman–Crippen MR) is 126 cm³/mol. The third kappa shape index (κ3) is 6.09. The van der Waals surface area contributed by atoms with Crippen molar-refractivity contribution in [2.75, 3.05) is 6.54 Å². The first kappa shape index (κ1) is 21.9. The van der Waals surface area contributed by atoms with E-state index in [1.165, 1.54) is 11.1 Å². The minimum Gasteiger partial charge on any atom is -0.370 e. The van der Waals surface area contributed by atoms with Gasteiger partial charge in [0.2, 0.25) is 0 Å². The van der Waals surface area contributed by atoms with Crippen LogP contribution in [0.2, 0.25) is 0 Å². The molecule has 0 bridgehead atoms. The zero-order valence-corrected chi connectivity index (χ0v) is 18.8. The average Bonchev–Trinajstić information content (AvgIpc) is 2.95. The van der Waals surface area contributed by atoms with Crippen molar-refractivity contribution in [2.45, 2.75) is 33.4 Å². The van der Waals surface area contributed by atoms with Gasteiger partial charge >= 0.3 is 0 Å². The average molecular weight is 489 g/mol. The minimum absolute atomic E-state index is 0. The molecule has 0 aliphatic carbocycles. The zero-order valence-electron chi connectivity index (χ0n) is 16.4. The number of aliphatic imine (C=N–C) groups is 1. The Morgan fingerprint density at radius 2 is 1.61 bits per heavy atom. The molecule has 0 saturated heterocycles. The fourth-order valence-electron chi connectivity index (χ4n) is 3.07. The van der Waals surface area contributed by atoms with E-state index in [0.29, 0.717) is 12.5 Å². The van der Waals surface area contributed by atoms with Gasteiger partial charge in [0.1, 0.15) is 0 Å². The molecule has 0 aliphatic heterocycles. The van der Waals surface area contributed by atoms with Crippen LogP contribution in [0.4, 0.5) is 0 Å². The lowest BCUT2D eigenvalue weighted by atomic mass is 10.1. The molecule has 2 aromatic carbocycles. The number of rotatable bonds is 7. The lowest BCUT2D eigenvalue weighted by Crippen LogP contribution is -2.33. The van der Waals surface area contributed by atoms with E-state index in [-0.39, 0.29) is 24.0 Å². The second-order valence-electron chi connectivity index (χ2n) is 6.66. The quantitative estimate of drug-likeness (QED) is 0.301. The summed E-state index contributed by atoms with van der Waals surface area (Å²) in [5.74, 6) is 0.473. The number of hydrogen-bond acceptors (Lipinski definition) is 2. The lowest BCUT2D eigenvalue weighted by Gasteiger charge is -2.07. The number of aromatic nitrogens is 2. The van der Waals surface area contributed by atoms with Crippen molar-refractivity contribution >= 4 is 29.9 Å². The monoisotopic (exact) mass is 489 g/mol. The number of nitrogens with zero attached hydrogens (tertiary/aromatic N) is 3. The van der Waals surface area contributed by atoms with Crippen LogP contribution in [0.5, 0.6) is 0 Å². The molecular weight excluding hydrogens is 461 g/mol. The van der Waals surface area contributed by atoms with Gasteiger partial charge in [-0.1, -0.05) is 60.7 Å². The molecule has 0 radical (unpaired) electrons. The molecule has 0 aliphatic rings. The van der Waals surface area contributed by atoms with E-state index in [2.05, 4.69) is 46.6 Å². The Morgan fingerprint density at radius 3 is 2.25 bits per heavy atom. The fourth-order valence-corrected chi connectivity index (χ4v) is 3.07. The summed E-state index contributed by atoms with van der Waals surface area (Å²) in [6.45, 7) is 6.19. The molecular formula is C22H28IN5. The van der Waals surface area contributed by atoms with Gasteiger partial charge < -0.3 is 11.1 Å². The van der Waals surface area contributed by atoms with E-state index in [1.54, 1.807) is 0 Å². The standard InChI is InChI=1S/C22H27N5.HI/c1-17-21(18(2)27(26-17)16-20-11-7-4-8-12-20)15-25-22(23)24-14-13-19-9-5-3-6-10-19;/h3-12H,13-16H2,1-2H3,(H3,23,24,25);1H. The number of nitrogens with one attached hydrogen (secondary N) is 1. The summed E-state index contributed by atoms with van der Waals surface area (Å²) in [6, 6.07) is 20.7. The smallest absolute Gasteiger partial charge is 0.188 e. The van der Waals surface area contributed by atoms with Crippen molar-refractivity contribution in [2.24, 2.45) is 10.7 Å². The fraction of sp³-hybridized carbons (Fsp3) is 0.273. The van der Waals surface area contributed by atoms with E-state index >= 15 is 0 Å². The second-order valence-corrected chi connectivity index (χ2v) is 6.66. The molecule has 0 atom stereocenters. The molecule has 0 fully saturated rings. The van der Waals surface area contributed by atoms with Crippen LogP contribution in [0, 0.1) is 13.8 Å². The van der Waals surface area contributed by atoms with Crippen LogP contribution in [0.15, 0.2) is 65.7 Å². The van der Waals surface area contributed by atoms with Gasteiger partial charge in [-0.3, -0.25) is 4.68 Å². The van der Waals surface area contributed by atoms with Gasteiger partial charge in [0.15, 0.2) is 5.96 Å². The van der Waals surface area contributed by atoms with Crippen molar-refractivity contribution < 1.29 is 0 Å². The Morgan fingerprint density at radius 1 is 1.00 bits per heavy atom. The van der Waals surface area contributed by atoms with Gasteiger partial charge in [-0.05, 0) is 31.4 Å². The van der Waals surface area contributed by atoms with Gasteiger partial charge in [-0.25, -0.2) is 4.99 Å². The lowest BCUT2D eigenvalue weighted by molar-refractivity contribution is 0.658. The SMILES string of the molecule is Cc1nn(Cc2ccccc2)c(C)c1CN=C(N)NCCc1ccccc1.I. The highest BCUT2D eigenvalue weighted by Crippen LogP contribution is 2.15. The maximum atomic E-state index is 6.03. The first-order chi connectivity index (χ1) is 13.1. The third-order valence-corrected chi connectivity index (χ3v) is 4.68. The highest BCUT2D eigenvalue weighted by Gasteiger charge is 2.11. The van der Waals surface area contributed by atoms with Crippen molar-refractivity contribution in [3.8, 4) is 0 Å². The maximum Gasteiger partial charge on any atom is 0.188 e. The van der Waals surface area contributed by atoms with E-state index in [0.717, 1.165) is 36.5 Å². The molecule has 1 aromatic heterocycles. The topological polar surface area (TPSA) is 68.2 Å². The normalized spacial score (nSPS) is 11.1. The van der Waals surface area contributed by atoms with Gasteiger partial charge in [-0.2, -0.15) is 5.10 Å². The molecule has 1 heterocycles. The highest BCUT2D eigenvalue weighted by molar-refractivity contribution is 14.0. The number of nitrogens with two attached hydrogens (primary N) is 1. The van der Waals surface area contributed by atoms with Crippen molar-refractivity contribution in [3.05, 3.63) is 88.7 Å². The summed E-state index contributed by atoms with van der Waals surface area (Å²) in [7, 11) is 0. The summed E-state index contributed by atoms with van der Waals surface area (Å²) < 4.78 is 2.04. The number of hydrogen-bond donors (Lipinski definition) is 2. The molecule has 3 N–H and O–H groups in total. The number of halogens is 1. The van der Waals surface area contributed by atoms with E-state index < -0.39 is 0 Å². The van der Waals surface area contributed by atoms with Crippen LogP contribution in [-0.4, -0.2) is 22.3 Å². The first-order valence-electron chi connectivity index (χ1n) is 9.28. The Bertz CT molecular complexity index is 888. The van der Waals surface area contributed by atoms with Crippen molar-refractivity contribution in [1.82, 2.24) is 15.1 Å². The number of benzene rings is 2. The molecule has 3 aromatic rings. The minimum atomic E-state index is 0. The maximum absolute atomic E-state index is 6.03. The van der Waals surface area contributed by atoms with Gasteiger partial charge in [0, 0.05) is 17.8 Å². The Hall–Kier alpha value is -2.35. The highest BCUT2D eigenvalue weighted by atomic mass is 127. The Kier molecular flexibility index (Phi) is 8.50. The molecule has 0 amide bonds. The van der Waals surface area contributed by atoms with E-state index in [1.807, 2.05) is 48.0 Å². The number of aryl methyl sites for hydroxylation is 1. The summed E-state index contributed by atoms with van der Waals surface area (Å²) >= 11 is 0. The van der Waals surface area contributed by atoms with Crippen LogP contribution >= 0.6 is 24.0 Å². The largest absolute Gasteiger partial charge is 0.370 e. The van der Waals surface area contributed by atoms with Crippen molar-refractivity contribution in [3.63, 3.8) is 0 Å². The Balaban J connectivity index is 0.00000280. The van der Waals surface area contributed by atoms with Crippen LogP contribution in [0.3, 0.4) is 0 Å². The molecule has 0 unspecified atom stereocenters. The summed E-state index contributed by atoms with van der Waals surface area (Å²) in [4.78, 5) is 4.50. The Labute approximate surface area is 184 Å². The zero-order chi connectivity index (χ0) is 19.1. The summed E-state index contributed by atoms with van der Waals surface area (Å²) in [6.07, 6.45) is 0.921. The number of guanidine groups is 1.